The number of nitro benzene ring substituents is 1. The Hall–Kier alpha value is -4.31. The van der Waals surface area contributed by atoms with E-state index in [1.807, 2.05) is 6.07 Å². The lowest BCUT2D eigenvalue weighted by atomic mass is 9.64. The molecule has 2 aromatic rings. The minimum absolute atomic E-state index is 0.0367. The van der Waals surface area contributed by atoms with E-state index in [4.69, 9.17) is 14.2 Å². The van der Waals surface area contributed by atoms with Crippen molar-refractivity contribution < 1.29 is 29.0 Å². The summed E-state index contributed by atoms with van der Waals surface area (Å²) in [5, 5.41) is 20.2. The van der Waals surface area contributed by atoms with Gasteiger partial charge in [-0.2, -0.15) is 0 Å². The fourth-order valence-corrected chi connectivity index (χ4v) is 5.97. The number of nitro groups is 1. The van der Waals surface area contributed by atoms with Gasteiger partial charge in [-0.25, -0.2) is 4.79 Å². The topological polar surface area (TPSA) is 115 Å². The zero-order valence-electron chi connectivity index (χ0n) is 20.4. The Balaban J connectivity index is 1.40. The lowest BCUT2D eigenvalue weighted by Gasteiger charge is -2.43. The molecular weight excluding hydrogens is 488 g/mol. The minimum Gasteiger partial charge on any atom is -0.491 e. The van der Waals surface area contributed by atoms with E-state index in [9.17, 15) is 20.0 Å². The molecule has 4 bridgehead atoms. The summed E-state index contributed by atoms with van der Waals surface area (Å²) in [7, 11) is 0. The van der Waals surface area contributed by atoms with Gasteiger partial charge in [0.15, 0.2) is 0 Å². The number of carbonyl (C=O) groups excluding carboxylic acids is 1. The predicted molar refractivity (Wildman–Crippen MR) is 136 cm³/mol. The molecule has 192 valence electrons. The van der Waals surface area contributed by atoms with Crippen LogP contribution in [0.25, 0.3) is 0 Å². The first-order valence-corrected chi connectivity index (χ1v) is 12.4. The number of hydrogen-bond acceptors (Lipinski definition) is 7. The third kappa shape index (κ3) is 3.63. The summed E-state index contributed by atoms with van der Waals surface area (Å²) in [6, 6.07) is 10.7. The second-order valence-electron chi connectivity index (χ2n) is 9.58. The van der Waals surface area contributed by atoms with Gasteiger partial charge in [0.1, 0.15) is 36.2 Å². The smallest absolute Gasteiger partial charge is 0.415 e. The zero-order valence-corrected chi connectivity index (χ0v) is 20.4. The summed E-state index contributed by atoms with van der Waals surface area (Å²) < 4.78 is 18.1. The van der Waals surface area contributed by atoms with Crippen molar-refractivity contribution in [3.05, 3.63) is 75.9 Å². The number of ether oxygens (including phenoxy) is 3. The highest BCUT2D eigenvalue weighted by molar-refractivity contribution is 5.93. The fraction of sp³-hybridized carbons (Fsp3) is 0.345. The fourth-order valence-electron chi connectivity index (χ4n) is 5.97. The van der Waals surface area contributed by atoms with E-state index in [0.717, 1.165) is 18.4 Å². The van der Waals surface area contributed by atoms with Crippen molar-refractivity contribution in [3.8, 4) is 29.4 Å². The number of non-ortho nitro benzene ring substituents is 1. The van der Waals surface area contributed by atoms with Gasteiger partial charge in [-0.3, -0.25) is 15.0 Å². The molecule has 2 aliphatic carbocycles. The van der Waals surface area contributed by atoms with Crippen LogP contribution < -0.4 is 9.64 Å². The van der Waals surface area contributed by atoms with Gasteiger partial charge in [-0.15, -0.1) is 0 Å². The molecule has 4 aliphatic rings. The first-order valence-electron chi connectivity index (χ1n) is 12.4. The number of aliphatic hydroxyl groups excluding tert-OH is 1. The molecule has 0 spiro atoms. The predicted octanol–water partition coefficient (Wildman–Crippen LogP) is 3.83. The molecule has 2 heterocycles. The van der Waals surface area contributed by atoms with Gasteiger partial charge in [-0.05, 0) is 67.3 Å². The van der Waals surface area contributed by atoms with Crippen molar-refractivity contribution in [2.45, 2.75) is 43.1 Å². The maximum atomic E-state index is 13.7. The molecule has 0 radical (unpaired) electrons. The SMILES string of the molecule is O=C(OCc1ccc([N+](=O)[O-])cc1)N1c2ccc(OCCO)cc2C23O[C@]24CCC[C@H]3C#C/C=C\C#C[C@H]14. The number of hydrogen-bond donors (Lipinski definition) is 1. The maximum absolute atomic E-state index is 13.7. The van der Waals surface area contributed by atoms with Gasteiger partial charge in [0.2, 0.25) is 0 Å². The van der Waals surface area contributed by atoms with Crippen LogP contribution in [0.4, 0.5) is 16.2 Å². The normalized spacial score (nSPS) is 28.2. The summed E-state index contributed by atoms with van der Waals surface area (Å²) in [5.41, 5.74) is 0.522. The molecule has 2 fully saturated rings. The Bertz CT molecular complexity index is 1460. The molecule has 1 saturated heterocycles. The molecule has 0 aromatic heterocycles. The number of epoxide rings is 1. The molecule has 1 saturated carbocycles. The van der Waals surface area contributed by atoms with Crippen molar-refractivity contribution >= 4 is 17.5 Å². The Labute approximate surface area is 219 Å². The van der Waals surface area contributed by atoms with E-state index in [-0.39, 0.29) is 31.4 Å². The summed E-state index contributed by atoms with van der Waals surface area (Å²) in [4.78, 5) is 25.7. The average Bonchev–Trinajstić information content (AvgIpc) is 3.65. The van der Waals surface area contributed by atoms with E-state index < -0.39 is 28.3 Å². The summed E-state index contributed by atoms with van der Waals surface area (Å²) in [6.07, 6.45) is 5.24. The lowest BCUT2D eigenvalue weighted by Crippen LogP contribution is -2.57. The van der Waals surface area contributed by atoms with Crippen LogP contribution in [0.15, 0.2) is 54.6 Å². The van der Waals surface area contributed by atoms with Crippen LogP contribution in [0, 0.1) is 39.7 Å². The lowest BCUT2D eigenvalue weighted by molar-refractivity contribution is -0.384. The first kappa shape index (κ1) is 24.1. The molecule has 4 atom stereocenters. The van der Waals surface area contributed by atoms with Crippen molar-refractivity contribution in [3.63, 3.8) is 0 Å². The summed E-state index contributed by atoms with van der Waals surface area (Å²) in [5.74, 6) is 13.2. The molecule has 1 unspecified atom stereocenters. The molecule has 9 nitrogen and oxygen atoms in total. The number of fused-ring (bicyclic) bond motifs is 1. The van der Waals surface area contributed by atoms with Crippen molar-refractivity contribution in [2.75, 3.05) is 18.1 Å². The van der Waals surface area contributed by atoms with E-state index >= 15 is 0 Å². The third-order valence-corrected chi connectivity index (χ3v) is 7.58. The number of carbonyl (C=O) groups is 1. The summed E-state index contributed by atoms with van der Waals surface area (Å²) in [6.45, 7) is -0.0454. The third-order valence-electron chi connectivity index (χ3n) is 7.58. The quantitative estimate of drug-likeness (QED) is 0.271. The number of rotatable bonds is 6. The Morgan fingerprint density at radius 2 is 1.97 bits per heavy atom. The van der Waals surface area contributed by atoms with E-state index in [0.29, 0.717) is 23.4 Å². The van der Waals surface area contributed by atoms with Crippen LogP contribution in [-0.4, -0.2) is 41.0 Å². The molecule has 6 rings (SSSR count). The highest BCUT2D eigenvalue weighted by Gasteiger charge is 2.81. The highest BCUT2D eigenvalue weighted by Crippen LogP contribution is 2.72. The second kappa shape index (κ2) is 9.21. The van der Waals surface area contributed by atoms with Gasteiger partial charge < -0.3 is 19.3 Å². The second-order valence-corrected chi connectivity index (χ2v) is 9.58. The molecule has 2 aromatic carbocycles. The van der Waals surface area contributed by atoms with E-state index in [1.165, 1.54) is 12.1 Å². The number of benzene rings is 2. The van der Waals surface area contributed by atoms with Crippen LogP contribution in [-0.2, 0) is 21.7 Å². The number of amides is 1. The van der Waals surface area contributed by atoms with Crippen LogP contribution >= 0.6 is 0 Å². The van der Waals surface area contributed by atoms with Crippen LogP contribution in [0.2, 0.25) is 0 Å². The molecule has 1 N–H and O–H groups in total. The maximum Gasteiger partial charge on any atom is 0.415 e. The number of allylic oxidation sites excluding steroid dienone is 2. The standard InChI is InChI=1S/C29H24N2O7/c32-16-17-36-23-13-14-25-24(18-23)29-21-6-3-1-2-4-8-26(28(29,38-29)15-5-7-21)30(25)27(33)37-19-20-9-11-22(12-10-20)31(34)35/h1-2,9-14,18,21,26,32H,5,7,15-17,19H2/b2-1-/t21-,26+,28+,29?/m1/s1. The van der Waals surface area contributed by atoms with E-state index in [1.54, 1.807) is 41.3 Å². The zero-order chi connectivity index (χ0) is 26.3. The Morgan fingerprint density at radius 1 is 1.18 bits per heavy atom. The molecule has 9 heteroatoms. The highest BCUT2D eigenvalue weighted by atomic mass is 16.6. The Kier molecular flexibility index (Phi) is 5.83. The molecular formula is C29H24N2O7. The van der Waals surface area contributed by atoms with Crippen molar-refractivity contribution in [1.82, 2.24) is 0 Å². The van der Waals surface area contributed by atoms with E-state index in [2.05, 4.69) is 23.7 Å². The number of nitrogens with zero attached hydrogens (tertiary/aromatic N) is 2. The van der Waals surface area contributed by atoms with Crippen molar-refractivity contribution in [2.24, 2.45) is 5.92 Å². The minimum atomic E-state index is -0.738. The van der Waals surface area contributed by atoms with Crippen LogP contribution in [0.3, 0.4) is 0 Å². The van der Waals surface area contributed by atoms with Crippen molar-refractivity contribution in [1.29, 1.82) is 0 Å². The average molecular weight is 513 g/mol. The first-order chi connectivity index (χ1) is 18.5. The Morgan fingerprint density at radius 3 is 2.74 bits per heavy atom. The van der Waals surface area contributed by atoms with Crippen LogP contribution in [0.5, 0.6) is 5.75 Å². The molecule has 2 aliphatic heterocycles. The van der Waals surface area contributed by atoms with Gasteiger partial charge in [0, 0.05) is 17.7 Å². The molecule has 38 heavy (non-hydrogen) atoms. The van der Waals surface area contributed by atoms with Gasteiger partial charge >= 0.3 is 6.09 Å². The van der Waals surface area contributed by atoms with Crippen LogP contribution in [0.1, 0.15) is 30.4 Å². The monoisotopic (exact) mass is 512 g/mol. The number of aliphatic hydroxyl groups is 1. The van der Waals surface area contributed by atoms with Gasteiger partial charge in [-0.1, -0.05) is 23.7 Å². The van der Waals surface area contributed by atoms with Gasteiger partial charge in [0.25, 0.3) is 5.69 Å². The number of anilines is 1. The molecule has 1 amide bonds. The largest absolute Gasteiger partial charge is 0.491 e. The summed E-state index contributed by atoms with van der Waals surface area (Å²) >= 11 is 0. The van der Waals surface area contributed by atoms with Gasteiger partial charge in [0.05, 0.1) is 23.1 Å².